The van der Waals surface area contributed by atoms with Gasteiger partial charge >= 0.3 is 5.97 Å². The van der Waals surface area contributed by atoms with Crippen molar-refractivity contribution in [2.45, 2.75) is 32.7 Å². The number of aryl methyl sites for hydroxylation is 1. The molecule has 1 aliphatic carbocycles. The Labute approximate surface area is 127 Å². The van der Waals surface area contributed by atoms with Crippen molar-refractivity contribution >= 4 is 17.6 Å². The van der Waals surface area contributed by atoms with E-state index in [0.717, 1.165) is 12.8 Å². The molecule has 1 atom stereocenters. The number of carboxylic acid groups (broad SMARTS) is 1. The molecule has 1 saturated carbocycles. The summed E-state index contributed by atoms with van der Waals surface area (Å²) in [5, 5.41) is 19.9. The van der Waals surface area contributed by atoms with Gasteiger partial charge in [-0.05, 0) is 25.3 Å². The van der Waals surface area contributed by atoms with Crippen LogP contribution in [-0.2, 0) is 4.79 Å². The normalized spacial score (nSPS) is 15.2. The van der Waals surface area contributed by atoms with E-state index in [4.69, 9.17) is 5.11 Å². The molecule has 1 aromatic rings. The standard InChI is InChI=1S/C15H18N2O5/c1-9-3-4-12(17(21)22)7-13(9)14(18)16(11-5-6-11)8-10(2)15(19)20/h3-4,7,10-11H,5-6,8H2,1-2H3,(H,19,20). The lowest BCUT2D eigenvalue weighted by Gasteiger charge is -2.25. The third kappa shape index (κ3) is 3.41. The monoisotopic (exact) mass is 306 g/mol. The molecular weight excluding hydrogens is 288 g/mol. The Morgan fingerprint density at radius 3 is 2.59 bits per heavy atom. The van der Waals surface area contributed by atoms with Gasteiger partial charge in [0.1, 0.15) is 0 Å². The molecule has 0 aromatic heterocycles. The van der Waals surface area contributed by atoms with Crippen molar-refractivity contribution in [2.75, 3.05) is 6.54 Å². The Hall–Kier alpha value is -2.44. The number of nitro benzene ring substituents is 1. The summed E-state index contributed by atoms with van der Waals surface area (Å²) in [5.74, 6) is -1.98. The summed E-state index contributed by atoms with van der Waals surface area (Å²) in [6.45, 7) is 3.37. The lowest BCUT2D eigenvalue weighted by atomic mass is 10.1. The van der Waals surface area contributed by atoms with Crippen molar-refractivity contribution < 1.29 is 19.6 Å². The van der Waals surface area contributed by atoms with Gasteiger partial charge in [-0.15, -0.1) is 0 Å². The van der Waals surface area contributed by atoms with Crippen molar-refractivity contribution in [3.8, 4) is 0 Å². The number of carbonyl (C=O) groups is 2. The minimum atomic E-state index is -0.964. The second-order valence-corrected chi connectivity index (χ2v) is 5.68. The zero-order valence-electron chi connectivity index (χ0n) is 12.5. The van der Waals surface area contributed by atoms with Crippen molar-refractivity contribution in [2.24, 2.45) is 5.92 Å². The first-order chi connectivity index (χ1) is 10.3. The maximum absolute atomic E-state index is 12.7. The van der Waals surface area contributed by atoms with E-state index < -0.39 is 16.8 Å². The van der Waals surface area contributed by atoms with Crippen molar-refractivity contribution in [3.05, 3.63) is 39.4 Å². The Morgan fingerprint density at radius 2 is 2.09 bits per heavy atom. The lowest BCUT2D eigenvalue weighted by Crippen LogP contribution is -2.38. The van der Waals surface area contributed by atoms with E-state index in [0.29, 0.717) is 5.56 Å². The summed E-state index contributed by atoms with van der Waals surface area (Å²) in [6, 6.07) is 4.19. The number of benzene rings is 1. The Morgan fingerprint density at radius 1 is 1.45 bits per heavy atom. The highest BCUT2D eigenvalue weighted by molar-refractivity contribution is 5.97. The first-order valence-corrected chi connectivity index (χ1v) is 7.10. The molecule has 0 aliphatic heterocycles. The fourth-order valence-corrected chi connectivity index (χ4v) is 2.27. The van der Waals surface area contributed by atoms with E-state index in [1.165, 1.54) is 23.1 Å². The number of hydrogen-bond donors (Lipinski definition) is 1. The van der Waals surface area contributed by atoms with Gasteiger partial charge in [0.2, 0.25) is 0 Å². The SMILES string of the molecule is Cc1ccc([N+](=O)[O-])cc1C(=O)N(CC(C)C(=O)O)C1CC1. The van der Waals surface area contributed by atoms with Crippen molar-refractivity contribution in [1.82, 2.24) is 4.90 Å². The molecule has 1 N–H and O–H groups in total. The average molecular weight is 306 g/mol. The molecule has 0 bridgehead atoms. The number of nitrogens with zero attached hydrogens (tertiary/aromatic N) is 2. The predicted molar refractivity (Wildman–Crippen MR) is 78.7 cm³/mol. The molecule has 0 spiro atoms. The second-order valence-electron chi connectivity index (χ2n) is 5.68. The Balaban J connectivity index is 2.29. The number of hydrogen-bond acceptors (Lipinski definition) is 4. The maximum Gasteiger partial charge on any atom is 0.308 e. The van der Waals surface area contributed by atoms with Gasteiger partial charge in [0.05, 0.1) is 10.8 Å². The van der Waals surface area contributed by atoms with Gasteiger partial charge in [-0.25, -0.2) is 0 Å². The molecule has 118 valence electrons. The maximum atomic E-state index is 12.7. The number of non-ortho nitro benzene ring substituents is 1. The lowest BCUT2D eigenvalue weighted by molar-refractivity contribution is -0.384. The van der Waals surface area contributed by atoms with Crippen LogP contribution in [0.1, 0.15) is 35.7 Å². The zero-order valence-corrected chi connectivity index (χ0v) is 12.5. The number of amides is 1. The highest BCUT2D eigenvalue weighted by atomic mass is 16.6. The van der Waals surface area contributed by atoms with Crippen LogP contribution in [0.15, 0.2) is 18.2 Å². The van der Waals surface area contributed by atoms with Gasteiger partial charge in [-0.1, -0.05) is 13.0 Å². The third-order valence-corrected chi connectivity index (χ3v) is 3.80. The molecular formula is C15H18N2O5. The molecule has 1 unspecified atom stereocenters. The molecule has 1 aliphatic rings. The smallest absolute Gasteiger partial charge is 0.308 e. The summed E-state index contributed by atoms with van der Waals surface area (Å²) < 4.78 is 0. The molecule has 22 heavy (non-hydrogen) atoms. The minimum absolute atomic E-state index is 0.0352. The van der Waals surface area contributed by atoms with Gasteiger partial charge in [0, 0.05) is 30.3 Å². The van der Waals surface area contributed by atoms with Crippen LogP contribution in [0.25, 0.3) is 0 Å². The van der Waals surface area contributed by atoms with Crippen LogP contribution in [-0.4, -0.2) is 39.4 Å². The highest BCUT2D eigenvalue weighted by Gasteiger charge is 2.35. The topological polar surface area (TPSA) is 101 Å². The molecule has 7 heteroatoms. The molecule has 1 amide bonds. The molecule has 0 heterocycles. The number of rotatable bonds is 6. The molecule has 1 aromatic carbocycles. The number of aliphatic carboxylic acids is 1. The summed E-state index contributed by atoms with van der Waals surface area (Å²) in [6.07, 6.45) is 1.68. The van der Waals surface area contributed by atoms with E-state index in [1.54, 1.807) is 13.8 Å². The Bertz CT molecular complexity index is 624. The van der Waals surface area contributed by atoms with E-state index in [1.807, 2.05) is 0 Å². The number of carboxylic acids is 1. The van der Waals surface area contributed by atoms with Crippen molar-refractivity contribution in [1.29, 1.82) is 0 Å². The average Bonchev–Trinajstić information content (AvgIpc) is 3.28. The van der Waals surface area contributed by atoms with Crippen molar-refractivity contribution in [3.63, 3.8) is 0 Å². The van der Waals surface area contributed by atoms with Gasteiger partial charge in [-0.2, -0.15) is 0 Å². The van der Waals surface area contributed by atoms with E-state index >= 15 is 0 Å². The van der Waals surface area contributed by atoms with Crippen LogP contribution in [0.4, 0.5) is 5.69 Å². The fourth-order valence-electron chi connectivity index (χ4n) is 2.27. The molecule has 0 saturated heterocycles. The second kappa shape index (κ2) is 6.13. The van der Waals surface area contributed by atoms with Crippen LogP contribution in [0.5, 0.6) is 0 Å². The van der Waals surface area contributed by atoms with Gasteiger partial charge in [0.25, 0.3) is 11.6 Å². The van der Waals surface area contributed by atoms with Crippen LogP contribution < -0.4 is 0 Å². The summed E-state index contributed by atoms with van der Waals surface area (Å²) in [7, 11) is 0. The van der Waals surface area contributed by atoms with Crippen LogP contribution in [0, 0.1) is 23.0 Å². The quantitative estimate of drug-likeness (QED) is 0.641. The highest BCUT2D eigenvalue weighted by Crippen LogP contribution is 2.30. The summed E-state index contributed by atoms with van der Waals surface area (Å²) >= 11 is 0. The van der Waals surface area contributed by atoms with E-state index in [2.05, 4.69) is 0 Å². The fraction of sp³-hybridized carbons (Fsp3) is 0.467. The van der Waals surface area contributed by atoms with Gasteiger partial charge in [-0.3, -0.25) is 19.7 Å². The predicted octanol–water partition coefficient (Wildman–Crippen LogP) is 2.23. The summed E-state index contributed by atoms with van der Waals surface area (Å²) in [4.78, 5) is 35.6. The van der Waals surface area contributed by atoms with Gasteiger partial charge < -0.3 is 10.0 Å². The number of carbonyl (C=O) groups excluding carboxylic acids is 1. The summed E-state index contributed by atoms with van der Waals surface area (Å²) in [5.41, 5.74) is 0.763. The van der Waals surface area contributed by atoms with Gasteiger partial charge in [0.15, 0.2) is 0 Å². The van der Waals surface area contributed by atoms with Crippen LogP contribution in [0.3, 0.4) is 0 Å². The largest absolute Gasteiger partial charge is 0.481 e. The third-order valence-electron chi connectivity index (χ3n) is 3.80. The Kier molecular flexibility index (Phi) is 4.44. The first-order valence-electron chi connectivity index (χ1n) is 7.10. The molecule has 0 radical (unpaired) electrons. The first kappa shape index (κ1) is 15.9. The van der Waals surface area contributed by atoms with E-state index in [9.17, 15) is 19.7 Å². The number of nitro groups is 1. The zero-order chi connectivity index (χ0) is 16.4. The van der Waals surface area contributed by atoms with Crippen LogP contribution >= 0.6 is 0 Å². The molecule has 2 rings (SSSR count). The minimum Gasteiger partial charge on any atom is -0.481 e. The molecule has 7 nitrogen and oxygen atoms in total. The van der Waals surface area contributed by atoms with E-state index in [-0.39, 0.29) is 29.7 Å². The van der Waals surface area contributed by atoms with Crippen LogP contribution in [0.2, 0.25) is 0 Å². The molecule has 1 fully saturated rings.